The highest BCUT2D eigenvalue weighted by Gasteiger charge is 2.22. The molecule has 7 heteroatoms. The molecule has 0 aliphatic heterocycles. The Kier molecular flexibility index (Phi) is 4.30. The summed E-state index contributed by atoms with van der Waals surface area (Å²) < 4.78 is 0. The van der Waals surface area contributed by atoms with Gasteiger partial charge in [0.25, 0.3) is 0 Å². The molecule has 2 aromatic heterocycles. The minimum atomic E-state index is -0.220. The van der Waals surface area contributed by atoms with E-state index in [9.17, 15) is 4.79 Å². The molecule has 0 saturated heterocycles. The predicted octanol–water partition coefficient (Wildman–Crippen LogP) is 2.81. The average Bonchev–Trinajstić information content (AvgIpc) is 3.09. The Labute approximate surface area is 131 Å². The fourth-order valence-electron chi connectivity index (χ4n) is 2.51. The van der Waals surface area contributed by atoms with Crippen LogP contribution < -0.4 is 11.1 Å². The first-order valence-corrected chi connectivity index (χ1v) is 8.87. The maximum absolute atomic E-state index is 12.2. The van der Waals surface area contributed by atoms with Crippen LogP contribution in [-0.4, -0.2) is 27.2 Å². The van der Waals surface area contributed by atoms with Crippen LogP contribution in [-0.2, 0) is 4.79 Å². The number of rotatable bonds is 4. The van der Waals surface area contributed by atoms with E-state index < -0.39 is 0 Å². The Bertz CT molecular complexity index is 651. The Morgan fingerprint density at radius 1 is 1.48 bits per heavy atom. The minimum Gasteiger partial charge on any atom is -0.383 e. The van der Waals surface area contributed by atoms with Crippen LogP contribution in [0.2, 0.25) is 0 Å². The van der Waals surface area contributed by atoms with Gasteiger partial charge in [-0.1, -0.05) is 24.6 Å². The largest absolute Gasteiger partial charge is 0.383 e. The highest BCUT2D eigenvalue weighted by molar-refractivity contribution is 8.00. The highest BCUT2D eigenvalue weighted by atomic mass is 32.2. The van der Waals surface area contributed by atoms with Crippen LogP contribution in [0.4, 0.5) is 5.82 Å². The maximum Gasteiger partial charge on any atom is 0.233 e. The van der Waals surface area contributed by atoms with Gasteiger partial charge in [-0.25, -0.2) is 9.97 Å². The molecular formula is C14H18N4OS2. The third-order valence-corrected chi connectivity index (χ3v) is 5.45. The third-order valence-electron chi connectivity index (χ3n) is 3.69. The van der Waals surface area contributed by atoms with Crippen LogP contribution in [0, 0.1) is 0 Å². The number of anilines is 1. The van der Waals surface area contributed by atoms with Gasteiger partial charge in [-0.15, -0.1) is 11.3 Å². The Balaban J connectivity index is 1.67. The molecular weight excluding hydrogens is 304 g/mol. The summed E-state index contributed by atoms with van der Waals surface area (Å²) in [6, 6.07) is 2.26. The number of amides is 1. The lowest BCUT2D eigenvalue weighted by Gasteiger charge is -2.15. The van der Waals surface area contributed by atoms with Crippen molar-refractivity contribution in [3.8, 4) is 0 Å². The summed E-state index contributed by atoms with van der Waals surface area (Å²) in [5, 5.41) is 6.27. The van der Waals surface area contributed by atoms with E-state index in [0.717, 1.165) is 23.1 Å². The normalized spacial score (nSPS) is 17.2. The van der Waals surface area contributed by atoms with Gasteiger partial charge in [0.05, 0.1) is 10.6 Å². The van der Waals surface area contributed by atoms with Crippen LogP contribution in [0.1, 0.15) is 32.6 Å². The number of thioether (sulfide) groups is 1. The minimum absolute atomic E-state index is 0.0559. The summed E-state index contributed by atoms with van der Waals surface area (Å²) in [6.45, 7) is 1.88. The summed E-state index contributed by atoms with van der Waals surface area (Å²) in [4.78, 5) is 21.8. The van der Waals surface area contributed by atoms with Crippen LogP contribution in [0.5, 0.6) is 0 Å². The van der Waals surface area contributed by atoms with Crippen molar-refractivity contribution in [1.82, 2.24) is 15.3 Å². The van der Waals surface area contributed by atoms with Gasteiger partial charge in [-0.05, 0) is 31.2 Å². The summed E-state index contributed by atoms with van der Waals surface area (Å²) in [6.07, 6.45) is 4.60. The second-order valence-corrected chi connectivity index (χ2v) is 7.48. The SMILES string of the molecule is CC(Sc1nc(N)c2ccsc2n1)C(=O)NC1CCCC1. The number of fused-ring (bicyclic) bond motifs is 1. The number of nitrogens with zero attached hydrogens (tertiary/aromatic N) is 2. The first-order chi connectivity index (χ1) is 10.1. The topological polar surface area (TPSA) is 80.9 Å². The molecule has 0 spiro atoms. The maximum atomic E-state index is 12.2. The number of hydrogen-bond acceptors (Lipinski definition) is 6. The molecule has 1 unspecified atom stereocenters. The van der Waals surface area contributed by atoms with Crippen molar-refractivity contribution < 1.29 is 4.79 Å². The second-order valence-electron chi connectivity index (χ2n) is 5.28. The Morgan fingerprint density at radius 2 is 2.24 bits per heavy atom. The van der Waals surface area contributed by atoms with Gasteiger partial charge in [0.15, 0.2) is 5.16 Å². The van der Waals surface area contributed by atoms with Gasteiger partial charge in [-0.2, -0.15) is 0 Å². The van der Waals surface area contributed by atoms with Crippen molar-refractivity contribution in [2.24, 2.45) is 0 Å². The second kappa shape index (κ2) is 6.19. The molecule has 1 saturated carbocycles. The molecule has 0 radical (unpaired) electrons. The number of aromatic nitrogens is 2. The summed E-state index contributed by atoms with van der Waals surface area (Å²) in [5.41, 5.74) is 5.93. The fourth-order valence-corrected chi connectivity index (χ4v) is 4.13. The lowest BCUT2D eigenvalue weighted by Crippen LogP contribution is -2.37. The molecule has 3 N–H and O–H groups in total. The summed E-state index contributed by atoms with van der Waals surface area (Å²) in [5.74, 6) is 0.535. The van der Waals surface area contributed by atoms with Crippen molar-refractivity contribution in [2.45, 2.75) is 49.1 Å². The number of carbonyl (C=O) groups is 1. The fraction of sp³-hybridized carbons (Fsp3) is 0.500. The standard InChI is InChI=1S/C14H18N4OS2/c1-8(12(19)16-9-4-2-3-5-9)21-14-17-11(15)10-6-7-20-13(10)18-14/h6-9H,2-5H2,1H3,(H,16,19)(H2,15,17,18). The van der Waals surface area contributed by atoms with E-state index in [2.05, 4.69) is 15.3 Å². The van der Waals surface area contributed by atoms with Gasteiger partial charge < -0.3 is 11.1 Å². The molecule has 3 rings (SSSR count). The molecule has 0 bridgehead atoms. The van der Waals surface area contributed by atoms with Crippen LogP contribution in [0.25, 0.3) is 10.2 Å². The molecule has 1 fully saturated rings. The lowest BCUT2D eigenvalue weighted by molar-refractivity contribution is -0.120. The van der Waals surface area contributed by atoms with Gasteiger partial charge in [0.1, 0.15) is 10.6 Å². The molecule has 1 atom stereocenters. The zero-order chi connectivity index (χ0) is 14.8. The van der Waals surface area contributed by atoms with E-state index in [1.165, 1.54) is 35.9 Å². The quantitative estimate of drug-likeness (QED) is 0.668. The van der Waals surface area contributed by atoms with Crippen molar-refractivity contribution in [2.75, 3.05) is 5.73 Å². The van der Waals surface area contributed by atoms with Crippen LogP contribution in [0.15, 0.2) is 16.6 Å². The van der Waals surface area contributed by atoms with Gasteiger partial charge in [-0.3, -0.25) is 4.79 Å². The van der Waals surface area contributed by atoms with E-state index in [-0.39, 0.29) is 11.2 Å². The number of thiophene rings is 1. The smallest absolute Gasteiger partial charge is 0.233 e. The Morgan fingerprint density at radius 3 is 3.00 bits per heavy atom. The Hall–Kier alpha value is -1.34. The molecule has 0 aromatic carbocycles. The van der Waals surface area contributed by atoms with Crippen molar-refractivity contribution in [3.63, 3.8) is 0 Å². The summed E-state index contributed by atoms with van der Waals surface area (Å²) >= 11 is 2.89. The number of nitrogens with one attached hydrogen (secondary N) is 1. The number of nitrogen functional groups attached to an aromatic ring is 1. The molecule has 112 valence electrons. The number of carbonyl (C=O) groups excluding carboxylic acids is 1. The average molecular weight is 322 g/mol. The van der Waals surface area contributed by atoms with Gasteiger partial charge in [0.2, 0.25) is 5.91 Å². The molecule has 1 aliphatic rings. The molecule has 1 aliphatic carbocycles. The van der Waals surface area contributed by atoms with Crippen LogP contribution in [0.3, 0.4) is 0 Å². The molecule has 21 heavy (non-hydrogen) atoms. The molecule has 5 nitrogen and oxygen atoms in total. The first-order valence-electron chi connectivity index (χ1n) is 7.11. The zero-order valence-corrected chi connectivity index (χ0v) is 13.5. The highest BCUT2D eigenvalue weighted by Crippen LogP contribution is 2.28. The summed E-state index contributed by atoms with van der Waals surface area (Å²) in [7, 11) is 0. The zero-order valence-electron chi connectivity index (χ0n) is 11.8. The molecule has 2 heterocycles. The van der Waals surface area contributed by atoms with Crippen molar-refractivity contribution in [3.05, 3.63) is 11.4 Å². The van der Waals surface area contributed by atoms with Gasteiger partial charge >= 0.3 is 0 Å². The van der Waals surface area contributed by atoms with E-state index in [0.29, 0.717) is 17.0 Å². The molecule has 2 aromatic rings. The number of hydrogen-bond donors (Lipinski definition) is 2. The third kappa shape index (κ3) is 3.29. The van der Waals surface area contributed by atoms with Crippen LogP contribution >= 0.6 is 23.1 Å². The monoisotopic (exact) mass is 322 g/mol. The van der Waals surface area contributed by atoms with Crippen molar-refractivity contribution >= 4 is 45.0 Å². The predicted molar refractivity (Wildman–Crippen MR) is 87.5 cm³/mol. The first kappa shape index (κ1) is 14.6. The van der Waals surface area contributed by atoms with E-state index in [1.807, 2.05) is 18.4 Å². The van der Waals surface area contributed by atoms with Crippen molar-refractivity contribution in [1.29, 1.82) is 0 Å². The molecule has 1 amide bonds. The van der Waals surface area contributed by atoms with E-state index in [1.54, 1.807) is 0 Å². The number of nitrogens with two attached hydrogens (primary N) is 1. The lowest BCUT2D eigenvalue weighted by atomic mass is 10.2. The van der Waals surface area contributed by atoms with E-state index >= 15 is 0 Å². The van der Waals surface area contributed by atoms with Gasteiger partial charge in [0, 0.05) is 6.04 Å². The van der Waals surface area contributed by atoms with E-state index in [4.69, 9.17) is 5.73 Å².